The predicted octanol–water partition coefficient (Wildman–Crippen LogP) is 0.351. The molecule has 0 aromatic rings. The van der Waals surface area contributed by atoms with Crippen LogP contribution in [0.15, 0.2) is 0 Å². The summed E-state index contributed by atoms with van der Waals surface area (Å²) in [5.74, 6) is -5.13. The molecule has 1 atom stereocenters. The van der Waals surface area contributed by atoms with E-state index >= 15 is 0 Å². The number of carbonyl (C=O) groups is 2. The Morgan fingerprint density at radius 2 is 1.82 bits per heavy atom. The molecule has 17 heavy (non-hydrogen) atoms. The summed E-state index contributed by atoms with van der Waals surface area (Å²) in [6.07, 6.45) is -4.82. The first-order valence-electron chi connectivity index (χ1n) is 4.78. The van der Waals surface area contributed by atoms with Crippen molar-refractivity contribution in [3.63, 3.8) is 0 Å². The number of alkyl halides is 3. The fourth-order valence-electron chi connectivity index (χ4n) is 0.959. The molecule has 0 fully saturated rings. The maximum atomic E-state index is 12.2. The maximum Gasteiger partial charge on any atom is 0.403 e. The van der Waals surface area contributed by atoms with Crippen LogP contribution >= 0.6 is 0 Å². The van der Waals surface area contributed by atoms with Gasteiger partial charge in [-0.2, -0.15) is 13.2 Å². The number of hydrogen-bond acceptors (Lipinski definition) is 3. The van der Waals surface area contributed by atoms with E-state index in [0.717, 1.165) is 0 Å². The van der Waals surface area contributed by atoms with Crippen LogP contribution in [-0.4, -0.2) is 36.2 Å². The first-order valence-corrected chi connectivity index (χ1v) is 4.78. The number of amides is 1. The zero-order chi connectivity index (χ0) is 13.9. The highest BCUT2D eigenvalue weighted by atomic mass is 19.4. The summed E-state index contributed by atoms with van der Waals surface area (Å²) in [4.78, 5) is 21.3. The van der Waals surface area contributed by atoms with Gasteiger partial charge in [0.15, 0.2) is 5.92 Å². The SMILES string of the molecule is CC(C)(CNCC(C(=O)O)C(F)(F)F)C(N)=O. The Hall–Kier alpha value is -1.31. The van der Waals surface area contributed by atoms with Crippen molar-refractivity contribution in [1.82, 2.24) is 5.32 Å². The average Bonchev–Trinajstić information content (AvgIpc) is 2.09. The minimum absolute atomic E-state index is 0.123. The standard InChI is InChI=1S/C9H15F3N2O3/c1-8(2,7(13)17)4-14-3-5(6(15)16)9(10,11)12/h5,14H,3-4H2,1-2H3,(H2,13,17)(H,15,16). The molecule has 0 aromatic heterocycles. The molecule has 0 aliphatic heterocycles. The molecular formula is C9H15F3N2O3. The number of rotatable bonds is 6. The van der Waals surface area contributed by atoms with Gasteiger partial charge in [0.05, 0.1) is 5.41 Å². The molecule has 0 aromatic carbocycles. The van der Waals surface area contributed by atoms with Gasteiger partial charge in [0, 0.05) is 13.1 Å². The van der Waals surface area contributed by atoms with Crippen LogP contribution in [0.3, 0.4) is 0 Å². The molecule has 0 heterocycles. The van der Waals surface area contributed by atoms with Crippen LogP contribution in [0.25, 0.3) is 0 Å². The molecule has 0 radical (unpaired) electrons. The number of hydrogen-bond donors (Lipinski definition) is 3. The fraction of sp³-hybridized carbons (Fsp3) is 0.778. The van der Waals surface area contributed by atoms with Crippen LogP contribution in [0.2, 0.25) is 0 Å². The van der Waals surface area contributed by atoms with E-state index in [2.05, 4.69) is 5.32 Å². The molecule has 8 heteroatoms. The summed E-state index contributed by atoms with van der Waals surface area (Å²) in [6.45, 7) is 1.98. The van der Waals surface area contributed by atoms with Crippen molar-refractivity contribution in [2.24, 2.45) is 17.1 Å². The molecule has 0 bridgehead atoms. The van der Waals surface area contributed by atoms with Crippen molar-refractivity contribution >= 4 is 11.9 Å². The lowest BCUT2D eigenvalue weighted by atomic mass is 9.92. The Kier molecular flexibility index (Phi) is 4.94. The van der Waals surface area contributed by atoms with Crippen molar-refractivity contribution in [3.8, 4) is 0 Å². The summed E-state index contributed by atoms with van der Waals surface area (Å²) in [5.41, 5.74) is 3.98. The second-order valence-corrected chi connectivity index (χ2v) is 4.31. The lowest BCUT2D eigenvalue weighted by Crippen LogP contribution is -2.45. The third-order valence-corrected chi connectivity index (χ3v) is 2.28. The van der Waals surface area contributed by atoms with Crippen molar-refractivity contribution in [3.05, 3.63) is 0 Å². The molecule has 0 saturated carbocycles. The molecule has 1 amide bonds. The summed E-state index contributed by atoms with van der Waals surface area (Å²) in [5, 5.41) is 10.7. The van der Waals surface area contributed by atoms with Gasteiger partial charge in [0.1, 0.15) is 0 Å². The number of halogens is 3. The highest BCUT2D eigenvalue weighted by Crippen LogP contribution is 2.26. The number of aliphatic carboxylic acids is 1. The molecule has 1 unspecified atom stereocenters. The summed E-state index contributed by atoms with van der Waals surface area (Å²) in [6, 6.07) is 0. The molecule has 0 aliphatic carbocycles. The van der Waals surface area contributed by atoms with Gasteiger partial charge in [0.25, 0.3) is 0 Å². The van der Waals surface area contributed by atoms with Crippen LogP contribution in [-0.2, 0) is 9.59 Å². The molecule has 5 nitrogen and oxygen atoms in total. The first-order chi connectivity index (χ1) is 7.48. The minimum atomic E-state index is -4.82. The van der Waals surface area contributed by atoms with Crippen molar-refractivity contribution in [1.29, 1.82) is 0 Å². The second kappa shape index (κ2) is 5.35. The molecule has 0 saturated heterocycles. The van der Waals surface area contributed by atoms with Gasteiger partial charge in [-0.15, -0.1) is 0 Å². The number of carboxylic acid groups (broad SMARTS) is 1. The van der Waals surface area contributed by atoms with Gasteiger partial charge in [-0.05, 0) is 13.8 Å². The van der Waals surface area contributed by atoms with Gasteiger partial charge in [-0.3, -0.25) is 9.59 Å². The molecule has 0 aliphatic rings. The van der Waals surface area contributed by atoms with E-state index in [9.17, 15) is 22.8 Å². The topological polar surface area (TPSA) is 92.4 Å². The summed E-state index contributed by atoms with van der Waals surface area (Å²) >= 11 is 0. The van der Waals surface area contributed by atoms with E-state index < -0.39 is 35.9 Å². The molecule has 0 spiro atoms. The fourth-order valence-corrected chi connectivity index (χ4v) is 0.959. The highest BCUT2D eigenvalue weighted by Gasteiger charge is 2.44. The smallest absolute Gasteiger partial charge is 0.403 e. The third kappa shape index (κ3) is 5.03. The lowest BCUT2D eigenvalue weighted by molar-refractivity contribution is -0.192. The van der Waals surface area contributed by atoms with Crippen molar-refractivity contribution in [2.75, 3.05) is 13.1 Å². The Labute approximate surface area is 96.2 Å². The Balaban J connectivity index is 4.36. The van der Waals surface area contributed by atoms with E-state index in [-0.39, 0.29) is 6.54 Å². The van der Waals surface area contributed by atoms with E-state index in [1.165, 1.54) is 13.8 Å². The molecular weight excluding hydrogens is 241 g/mol. The minimum Gasteiger partial charge on any atom is -0.481 e. The van der Waals surface area contributed by atoms with E-state index in [0.29, 0.717) is 0 Å². The van der Waals surface area contributed by atoms with Crippen LogP contribution in [0, 0.1) is 11.3 Å². The van der Waals surface area contributed by atoms with Gasteiger partial charge in [-0.1, -0.05) is 0 Å². The summed E-state index contributed by atoms with van der Waals surface area (Å²) in [7, 11) is 0. The van der Waals surface area contributed by atoms with Crippen molar-refractivity contribution in [2.45, 2.75) is 20.0 Å². The highest BCUT2D eigenvalue weighted by molar-refractivity contribution is 5.80. The van der Waals surface area contributed by atoms with Crippen LogP contribution in [0.1, 0.15) is 13.8 Å². The second-order valence-electron chi connectivity index (χ2n) is 4.31. The zero-order valence-corrected chi connectivity index (χ0v) is 9.47. The number of nitrogens with one attached hydrogen (secondary N) is 1. The monoisotopic (exact) mass is 256 g/mol. The summed E-state index contributed by atoms with van der Waals surface area (Å²) < 4.78 is 36.7. The zero-order valence-electron chi connectivity index (χ0n) is 9.47. The van der Waals surface area contributed by atoms with Gasteiger partial charge in [-0.25, -0.2) is 0 Å². The van der Waals surface area contributed by atoms with Crippen molar-refractivity contribution < 1.29 is 27.9 Å². The maximum absolute atomic E-state index is 12.2. The van der Waals surface area contributed by atoms with Crippen LogP contribution < -0.4 is 11.1 Å². The lowest BCUT2D eigenvalue weighted by Gasteiger charge is -2.23. The number of carbonyl (C=O) groups excluding carboxylic acids is 1. The molecule has 100 valence electrons. The van der Waals surface area contributed by atoms with E-state index in [4.69, 9.17) is 10.8 Å². The van der Waals surface area contributed by atoms with E-state index in [1.54, 1.807) is 0 Å². The number of primary amides is 1. The normalized spacial score (nSPS) is 14.4. The molecule has 4 N–H and O–H groups in total. The predicted molar refractivity (Wildman–Crippen MR) is 53.0 cm³/mol. The Morgan fingerprint density at radius 1 is 1.35 bits per heavy atom. The van der Waals surface area contributed by atoms with Crippen LogP contribution in [0.4, 0.5) is 13.2 Å². The van der Waals surface area contributed by atoms with Crippen LogP contribution in [0.5, 0.6) is 0 Å². The quantitative estimate of drug-likeness (QED) is 0.639. The Bertz CT molecular complexity index is 302. The number of carboxylic acids is 1. The average molecular weight is 256 g/mol. The molecule has 0 rings (SSSR count). The third-order valence-electron chi connectivity index (χ3n) is 2.28. The van der Waals surface area contributed by atoms with Gasteiger partial charge < -0.3 is 16.2 Å². The van der Waals surface area contributed by atoms with Gasteiger partial charge in [0.2, 0.25) is 5.91 Å². The number of nitrogens with two attached hydrogens (primary N) is 1. The Morgan fingerprint density at radius 3 is 2.12 bits per heavy atom. The first kappa shape index (κ1) is 15.7. The largest absolute Gasteiger partial charge is 0.481 e. The van der Waals surface area contributed by atoms with Gasteiger partial charge >= 0.3 is 12.1 Å². The van der Waals surface area contributed by atoms with E-state index in [1.807, 2.05) is 0 Å².